The van der Waals surface area contributed by atoms with Crippen LogP contribution in [-0.4, -0.2) is 95.7 Å². The van der Waals surface area contributed by atoms with E-state index in [4.69, 9.17) is 23.5 Å². The van der Waals surface area contributed by atoms with E-state index in [9.17, 15) is 19.1 Å². The minimum atomic E-state index is -1.61. The lowest BCUT2D eigenvalue weighted by Crippen LogP contribution is -2.49. The number of likely N-dealkylation sites (tertiary alicyclic amines) is 1. The van der Waals surface area contributed by atoms with E-state index in [-0.39, 0.29) is 31.2 Å². The van der Waals surface area contributed by atoms with E-state index in [2.05, 4.69) is 19.9 Å². The summed E-state index contributed by atoms with van der Waals surface area (Å²) in [5.74, 6) is -1.40. The number of carbonyl (C=O) groups is 2. The molecule has 0 aliphatic carbocycles. The van der Waals surface area contributed by atoms with E-state index in [0.717, 1.165) is 29.8 Å². The fourth-order valence-corrected chi connectivity index (χ4v) is 5.68. The predicted molar refractivity (Wildman–Crippen MR) is 167 cm³/mol. The summed E-state index contributed by atoms with van der Waals surface area (Å²) < 4.78 is 41.4. The minimum Gasteiger partial charge on any atom is -0.450 e. The van der Waals surface area contributed by atoms with Crippen molar-refractivity contribution in [2.24, 2.45) is 0 Å². The molecule has 2 aliphatic rings. The number of carboxylic acid groups (broad SMARTS) is 1. The number of halogens is 1. The summed E-state index contributed by atoms with van der Waals surface area (Å²) in [5.41, 5.74) is 3.49. The molecule has 0 unspecified atom stereocenters. The molecule has 0 radical (unpaired) electrons. The Morgan fingerprint density at radius 3 is 2.30 bits per heavy atom. The molecule has 1 N–H and O–H groups in total. The highest BCUT2D eigenvalue weighted by molar-refractivity contribution is 5.69. The van der Waals surface area contributed by atoms with Gasteiger partial charge in [-0.05, 0) is 23.3 Å². The molecule has 3 aromatic carbocycles. The molecule has 6 rings (SSSR count). The summed E-state index contributed by atoms with van der Waals surface area (Å²) in [5, 5.41) is 13.4. The van der Waals surface area contributed by atoms with Gasteiger partial charge in [0.1, 0.15) is 12.4 Å². The summed E-state index contributed by atoms with van der Waals surface area (Å²) in [6.45, 7) is 4.89. The van der Waals surface area contributed by atoms with Gasteiger partial charge in [0.05, 0.1) is 13.2 Å². The SMILES string of the molecule is O=C(O)OC1(OC(=O)OCCN2CCOCC2)CCN(Cc2ccc(-c3noc(-c4ccc(-c5ccccc5)c(F)c4)n3)cc2)CC1. The quantitative estimate of drug-likeness (QED) is 0.168. The Kier molecular flexibility index (Phi) is 10.0. The van der Waals surface area contributed by atoms with E-state index >= 15 is 0 Å². The molecule has 3 heterocycles. The van der Waals surface area contributed by atoms with Crippen molar-refractivity contribution in [1.29, 1.82) is 0 Å². The third-order valence-electron chi connectivity index (χ3n) is 8.24. The third kappa shape index (κ3) is 8.30. The molecule has 246 valence electrons. The van der Waals surface area contributed by atoms with Crippen LogP contribution in [0.15, 0.2) is 77.3 Å². The van der Waals surface area contributed by atoms with Crippen LogP contribution in [-0.2, 0) is 25.5 Å². The molecule has 0 spiro atoms. The Morgan fingerprint density at radius 2 is 1.60 bits per heavy atom. The molecule has 12 nitrogen and oxygen atoms in total. The van der Waals surface area contributed by atoms with Gasteiger partial charge in [0.25, 0.3) is 11.7 Å². The Labute approximate surface area is 270 Å². The number of nitrogens with zero attached hydrogens (tertiary/aromatic N) is 4. The average Bonchev–Trinajstić information content (AvgIpc) is 3.57. The zero-order valence-electron chi connectivity index (χ0n) is 25.7. The summed E-state index contributed by atoms with van der Waals surface area (Å²) in [4.78, 5) is 32.6. The lowest BCUT2D eigenvalue weighted by Gasteiger charge is -2.39. The Bertz CT molecular complexity index is 1650. The fraction of sp³-hybridized carbons (Fsp3) is 0.353. The van der Waals surface area contributed by atoms with Gasteiger partial charge in [-0.1, -0.05) is 65.8 Å². The number of hydrogen-bond acceptors (Lipinski definition) is 11. The standard InChI is InChI=1S/C34H35FN4O8/c35-29-22-27(10-11-28(29)25-4-2-1-3-5-25)31-36-30(37-47-31)26-8-6-24(7-9-26)23-39-14-12-34(13-15-39,45-32(40)41)46-33(42)44-21-18-38-16-19-43-20-17-38/h1-11,22H,12-21,23H2,(H,40,41). The van der Waals surface area contributed by atoms with Crippen molar-refractivity contribution in [3.8, 4) is 34.0 Å². The molecule has 13 heteroatoms. The van der Waals surface area contributed by atoms with Gasteiger partial charge in [0.2, 0.25) is 5.82 Å². The van der Waals surface area contributed by atoms with E-state index in [1.54, 1.807) is 12.1 Å². The van der Waals surface area contributed by atoms with Crippen molar-refractivity contribution in [2.45, 2.75) is 25.2 Å². The molecule has 2 aliphatic heterocycles. The van der Waals surface area contributed by atoms with Crippen molar-refractivity contribution in [3.05, 3.63) is 84.2 Å². The predicted octanol–water partition coefficient (Wildman–Crippen LogP) is 5.68. The van der Waals surface area contributed by atoms with Crippen LogP contribution < -0.4 is 0 Å². The number of carbonyl (C=O) groups excluding carboxylic acids is 1. The highest BCUT2D eigenvalue weighted by Gasteiger charge is 2.43. The van der Waals surface area contributed by atoms with Gasteiger partial charge in [-0.15, -0.1) is 0 Å². The van der Waals surface area contributed by atoms with E-state index < -0.39 is 18.1 Å². The molecule has 0 amide bonds. The molecule has 4 aromatic rings. The van der Waals surface area contributed by atoms with Crippen LogP contribution >= 0.6 is 0 Å². The van der Waals surface area contributed by atoms with Crippen molar-refractivity contribution >= 4 is 12.3 Å². The first-order chi connectivity index (χ1) is 22.9. The maximum absolute atomic E-state index is 14.9. The topological polar surface area (TPSA) is 137 Å². The molecule has 0 saturated carbocycles. The zero-order chi connectivity index (χ0) is 32.6. The van der Waals surface area contributed by atoms with Gasteiger partial charge in [0, 0.05) is 68.8 Å². The van der Waals surface area contributed by atoms with Crippen molar-refractivity contribution in [2.75, 3.05) is 52.5 Å². The van der Waals surface area contributed by atoms with Crippen molar-refractivity contribution in [1.82, 2.24) is 19.9 Å². The van der Waals surface area contributed by atoms with Crippen LogP contribution in [0.1, 0.15) is 18.4 Å². The Morgan fingerprint density at radius 1 is 0.872 bits per heavy atom. The molecule has 2 saturated heterocycles. The van der Waals surface area contributed by atoms with Crippen LogP contribution in [0, 0.1) is 5.82 Å². The summed E-state index contributed by atoms with van der Waals surface area (Å²) in [7, 11) is 0. The lowest BCUT2D eigenvalue weighted by molar-refractivity contribution is -0.209. The second-order valence-electron chi connectivity index (χ2n) is 11.4. The third-order valence-corrected chi connectivity index (χ3v) is 8.24. The Hall–Kier alpha value is -4.85. The van der Waals surface area contributed by atoms with Crippen LogP contribution in [0.3, 0.4) is 0 Å². The van der Waals surface area contributed by atoms with Gasteiger partial charge < -0.3 is 28.6 Å². The number of ether oxygens (including phenoxy) is 4. The maximum Gasteiger partial charge on any atom is 0.511 e. The number of hydrogen-bond donors (Lipinski definition) is 1. The number of piperidine rings is 1. The zero-order valence-corrected chi connectivity index (χ0v) is 25.7. The molecule has 2 fully saturated rings. The van der Waals surface area contributed by atoms with Gasteiger partial charge in [-0.2, -0.15) is 4.98 Å². The fourth-order valence-electron chi connectivity index (χ4n) is 5.68. The molecular formula is C34H35FN4O8. The van der Waals surface area contributed by atoms with Gasteiger partial charge >= 0.3 is 12.3 Å². The summed E-state index contributed by atoms with van der Waals surface area (Å²) in [6, 6.07) is 21.8. The minimum absolute atomic E-state index is 0.121. The molecule has 47 heavy (non-hydrogen) atoms. The van der Waals surface area contributed by atoms with Gasteiger partial charge in [-0.25, -0.2) is 14.0 Å². The molecule has 1 aromatic heterocycles. The largest absolute Gasteiger partial charge is 0.511 e. The first-order valence-corrected chi connectivity index (χ1v) is 15.4. The smallest absolute Gasteiger partial charge is 0.450 e. The van der Waals surface area contributed by atoms with Crippen LogP contribution in [0.5, 0.6) is 0 Å². The normalized spacial score (nSPS) is 16.8. The first kappa shape index (κ1) is 32.1. The van der Waals surface area contributed by atoms with Crippen LogP contribution in [0.2, 0.25) is 0 Å². The highest BCUT2D eigenvalue weighted by atomic mass is 19.1. The maximum atomic E-state index is 14.9. The van der Waals surface area contributed by atoms with E-state index in [1.165, 1.54) is 6.07 Å². The molecular weight excluding hydrogens is 611 g/mol. The van der Waals surface area contributed by atoms with Gasteiger partial charge in [0.15, 0.2) is 0 Å². The van der Waals surface area contributed by atoms with Crippen LogP contribution in [0.25, 0.3) is 34.0 Å². The number of benzene rings is 3. The average molecular weight is 647 g/mol. The monoisotopic (exact) mass is 646 g/mol. The summed E-state index contributed by atoms with van der Waals surface area (Å²) in [6.07, 6.45) is -2.15. The van der Waals surface area contributed by atoms with Crippen LogP contribution in [0.4, 0.5) is 14.0 Å². The number of aromatic nitrogens is 2. The highest BCUT2D eigenvalue weighted by Crippen LogP contribution is 2.31. The van der Waals surface area contributed by atoms with E-state index in [0.29, 0.717) is 56.3 Å². The Balaban J connectivity index is 1.01. The first-order valence-electron chi connectivity index (χ1n) is 15.4. The van der Waals surface area contributed by atoms with Gasteiger partial charge in [-0.3, -0.25) is 9.80 Å². The van der Waals surface area contributed by atoms with E-state index in [1.807, 2.05) is 54.6 Å². The molecule has 0 atom stereocenters. The lowest BCUT2D eigenvalue weighted by atomic mass is 10.0. The number of rotatable bonds is 10. The van der Waals surface area contributed by atoms with Crippen molar-refractivity contribution in [3.63, 3.8) is 0 Å². The molecule has 0 bridgehead atoms. The second-order valence-corrected chi connectivity index (χ2v) is 11.4. The van der Waals surface area contributed by atoms with Crippen molar-refractivity contribution < 1.29 is 42.6 Å². The number of morpholine rings is 1. The summed E-state index contributed by atoms with van der Waals surface area (Å²) >= 11 is 0. The second kappa shape index (κ2) is 14.7.